The van der Waals surface area contributed by atoms with Crippen molar-refractivity contribution >= 4 is 0 Å². The van der Waals surface area contributed by atoms with Crippen LogP contribution in [0, 0.1) is 0 Å². The quantitative estimate of drug-likeness (QED) is 0.626. The highest BCUT2D eigenvalue weighted by molar-refractivity contribution is 4.83. The SMILES string of the molecule is NCC1CCN1CC(F)F. The van der Waals surface area contributed by atoms with E-state index in [0.29, 0.717) is 6.54 Å². The maximum absolute atomic E-state index is 11.7. The van der Waals surface area contributed by atoms with Gasteiger partial charge in [0.25, 0.3) is 6.43 Å². The highest BCUT2D eigenvalue weighted by Crippen LogP contribution is 2.16. The minimum Gasteiger partial charge on any atom is -0.329 e. The molecule has 0 aromatic heterocycles. The molecule has 10 heavy (non-hydrogen) atoms. The fourth-order valence-electron chi connectivity index (χ4n) is 1.18. The molecule has 1 saturated heterocycles. The molecule has 2 N–H and O–H groups in total. The lowest BCUT2D eigenvalue weighted by Gasteiger charge is -2.39. The van der Waals surface area contributed by atoms with E-state index in [2.05, 4.69) is 0 Å². The third-order valence-electron chi connectivity index (χ3n) is 1.91. The largest absolute Gasteiger partial charge is 0.329 e. The topological polar surface area (TPSA) is 29.3 Å². The zero-order valence-corrected chi connectivity index (χ0v) is 5.76. The summed E-state index contributed by atoms with van der Waals surface area (Å²) in [6, 6.07) is 0.217. The van der Waals surface area contributed by atoms with Gasteiger partial charge in [0.2, 0.25) is 0 Å². The molecule has 0 saturated carbocycles. The van der Waals surface area contributed by atoms with E-state index in [1.807, 2.05) is 0 Å². The van der Waals surface area contributed by atoms with Crippen LogP contribution in [0.5, 0.6) is 0 Å². The molecule has 0 aromatic rings. The zero-order chi connectivity index (χ0) is 7.56. The Morgan fingerprint density at radius 3 is 2.60 bits per heavy atom. The van der Waals surface area contributed by atoms with Crippen LogP contribution >= 0.6 is 0 Å². The molecular formula is C6H12F2N2. The van der Waals surface area contributed by atoms with Crippen molar-refractivity contribution < 1.29 is 8.78 Å². The van der Waals surface area contributed by atoms with Gasteiger partial charge in [-0.25, -0.2) is 8.78 Å². The predicted molar refractivity (Wildman–Crippen MR) is 35.0 cm³/mol. The summed E-state index contributed by atoms with van der Waals surface area (Å²) in [5, 5.41) is 0. The molecule has 1 unspecified atom stereocenters. The van der Waals surface area contributed by atoms with E-state index in [9.17, 15) is 8.78 Å². The van der Waals surface area contributed by atoms with Crippen molar-refractivity contribution in [3.8, 4) is 0 Å². The van der Waals surface area contributed by atoms with Crippen LogP contribution in [-0.2, 0) is 0 Å². The van der Waals surface area contributed by atoms with Crippen molar-refractivity contribution in [3.63, 3.8) is 0 Å². The highest BCUT2D eigenvalue weighted by atomic mass is 19.3. The Hall–Kier alpha value is -0.220. The second kappa shape index (κ2) is 3.25. The number of hydrogen-bond donors (Lipinski definition) is 1. The first-order valence-corrected chi connectivity index (χ1v) is 3.46. The summed E-state index contributed by atoms with van der Waals surface area (Å²) in [7, 11) is 0. The van der Waals surface area contributed by atoms with E-state index in [1.54, 1.807) is 4.90 Å². The van der Waals surface area contributed by atoms with Crippen molar-refractivity contribution in [2.24, 2.45) is 5.73 Å². The first-order valence-electron chi connectivity index (χ1n) is 3.46. The predicted octanol–water partition coefficient (Wildman–Crippen LogP) is 0.284. The van der Waals surface area contributed by atoms with E-state index < -0.39 is 6.43 Å². The van der Waals surface area contributed by atoms with Gasteiger partial charge in [0.1, 0.15) is 0 Å². The van der Waals surface area contributed by atoms with Gasteiger partial charge in [-0.2, -0.15) is 0 Å². The number of nitrogens with two attached hydrogens (primary N) is 1. The second-order valence-electron chi connectivity index (χ2n) is 2.56. The number of alkyl halides is 2. The Morgan fingerprint density at radius 1 is 1.60 bits per heavy atom. The van der Waals surface area contributed by atoms with Crippen LogP contribution in [0.1, 0.15) is 6.42 Å². The average Bonchev–Trinajstić information content (AvgIpc) is 1.82. The van der Waals surface area contributed by atoms with Gasteiger partial charge >= 0.3 is 0 Å². The van der Waals surface area contributed by atoms with Crippen LogP contribution in [0.2, 0.25) is 0 Å². The van der Waals surface area contributed by atoms with Gasteiger partial charge in [0, 0.05) is 19.1 Å². The second-order valence-corrected chi connectivity index (χ2v) is 2.56. The lowest BCUT2D eigenvalue weighted by Crippen LogP contribution is -2.53. The number of nitrogens with zero attached hydrogens (tertiary/aromatic N) is 1. The van der Waals surface area contributed by atoms with E-state index in [-0.39, 0.29) is 12.6 Å². The van der Waals surface area contributed by atoms with Crippen LogP contribution in [0.3, 0.4) is 0 Å². The molecule has 1 fully saturated rings. The summed E-state index contributed by atoms with van der Waals surface area (Å²) in [6.45, 7) is 1.18. The number of rotatable bonds is 3. The molecule has 1 atom stereocenters. The third kappa shape index (κ3) is 1.64. The van der Waals surface area contributed by atoms with Crippen LogP contribution in [0.25, 0.3) is 0 Å². The summed E-state index contributed by atoms with van der Waals surface area (Å²) in [5.41, 5.74) is 5.31. The van der Waals surface area contributed by atoms with Gasteiger partial charge < -0.3 is 5.73 Å². The first-order chi connectivity index (χ1) is 4.74. The lowest BCUT2D eigenvalue weighted by atomic mass is 10.0. The standard InChI is InChI=1S/C6H12F2N2/c7-6(8)4-10-2-1-5(10)3-9/h5-6H,1-4,9H2. The molecule has 2 nitrogen and oxygen atoms in total. The normalized spacial score (nSPS) is 27.0. The number of likely N-dealkylation sites (tertiary alicyclic amines) is 1. The molecule has 4 heteroatoms. The molecule has 0 radical (unpaired) electrons. The van der Waals surface area contributed by atoms with Gasteiger partial charge in [0.05, 0.1) is 6.54 Å². The Labute approximate surface area is 59.0 Å². The minimum absolute atomic E-state index is 0.109. The van der Waals surface area contributed by atoms with E-state index in [1.165, 1.54) is 0 Å². The first kappa shape index (κ1) is 7.88. The number of hydrogen-bond acceptors (Lipinski definition) is 2. The average molecular weight is 150 g/mol. The molecule has 0 spiro atoms. The molecule has 1 heterocycles. The minimum atomic E-state index is -2.21. The van der Waals surface area contributed by atoms with E-state index in [0.717, 1.165) is 13.0 Å². The molecule has 60 valence electrons. The van der Waals surface area contributed by atoms with E-state index in [4.69, 9.17) is 5.73 Å². The van der Waals surface area contributed by atoms with Gasteiger partial charge in [-0.3, -0.25) is 4.90 Å². The zero-order valence-electron chi connectivity index (χ0n) is 5.76. The Morgan fingerprint density at radius 2 is 2.30 bits per heavy atom. The molecule has 0 bridgehead atoms. The van der Waals surface area contributed by atoms with Gasteiger partial charge in [0.15, 0.2) is 0 Å². The fraction of sp³-hybridized carbons (Fsp3) is 1.00. The van der Waals surface area contributed by atoms with Gasteiger partial charge in [-0.05, 0) is 6.42 Å². The number of halogens is 2. The Kier molecular flexibility index (Phi) is 2.56. The third-order valence-corrected chi connectivity index (χ3v) is 1.91. The van der Waals surface area contributed by atoms with Gasteiger partial charge in [-0.1, -0.05) is 0 Å². The molecule has 0 aliphatic carbocycles. The van der Waals surface area contributed by atoms with Crippen LogP contribution in [0.4, 0.5) is 8.78 Å². The summed E-state index contributed by atoms with van der Waals surface area (Å²) < 4.78 is 23.5. The summed E-state index contributed by atoms with van der Waals surface area (Å²) >= 11 is 0. The maximum Gasteiger partial charge on any atom is 0.251 e. The summed E-state index contributed by atoms with van der Waals surface area (Å²) in [6.07, 6.45) is -1.24. The van der Waals surface area contributed by atoms with Crippen LogP contribution in [-0.4, -0.2) is 37.0 Å². The lowest BCUT2D eigenvalue weighted by molar-refractivity contribution is 0.0203. The van der Waals surface area contributed by atoms with Crippen molar-refractivity contribution in [1.82, 2.24) is 4.90 Å². The van der Waals surface area contributed by atoms with Crippen molar-refractivity contribution in [2.75, 3.05) is 19.6 Å². The van der Waals surface area contributed by atoms with Crippen molar-refractivity contribution in [2.45, 2.75) is 18.9 Å². The molecule has 1 aliphatic rings. The Balaban J connectivity index is 2.16. The molecule has 0 aromatic carbocycles. The summed E-state index contributed by atoms with van der Waals surface area (Å²) in [5.74, 6) is 0. The monoisotopic (exact) mass is 150 g/mol. The van der Waals surface area contributed by atoms with Crippen LogP contribution < -0.4 is 5.73 Å². The summed E-state index contributed by atoms with van der Waals surface area (Å²) in [4.78, 5) is 1.73. The maximum atomic E-state index is 11.7. The van der Waals surface area contributed by atoms with Gasteiger partial charge in [-0.15, -0.1) is 0 Å². The molecular weight excluding hydrogens is 138 g/mol. The fourth-order valence-corrected chi connectivity index (χ4v) is 1.18. The molecule has 0 amide bonds. The van der Waals surface area contributed by atoms with E-state index >= 15 is 0 Å². The Bertz CT molecular complexity index is 106. The highest BCUT2D eigenvalue weighted by Gasteiger charge is 2.28. The smallest absolute Gasteiger partial charge is 0.251 e. The molecule has 1 aliphatic heterocycles. The molecule has 1 rings (SSSR count). The van der Waals surface area contributed by atoms with Crippen molar-refractivity contribution in [3.05, 3.63) is 0 Å². The van der Waals surface area contributed by atoms with Crippen LogP contribution in [0.15, 0.2) is 0 Å². The van der Waals surface area contributed by atoms with Crippen molar-refractivity contribution in [1.29, 1.82) is 0 Å².